The van der Waals surface area contributed by atoms with E-state index in [-0.39, 0.29) is 12.3 Å². The highest BCUT2D eigenvalue weighted by Crippen LogP contribution is 2.32. The Morgan fingerprint density at radius 2 is 2.30 bits per heavy atom. The third-order valence-corrected chi connectivity index (χ3v) is 3.48. The molecule has 1 aromatic heterocycles. The van der Waals surface area contributed by atoms with Crippen molar-refractivity contribution in [3.05, 3.63) is 35.8 Å². The average Bonchev–Trinajstić information content (AvgIpc) is 2.95. The summed E-state index contributed by atoms with van der Waals surface area (Å²) in [6.45, 7) is 0. The maximum atomic E-state index is 11.7. The van der Waals surface area contributed by atoms with Gasteiger partial charge in [-0.25, -0.2) is 4.98 Å². The number of amides is 1. The molecule has 0 saturated heterocycles. The van der Waals surface area contributed by atoms with Gasteiger partial charge in [-0.3, -0.25) is 9.59 Å². The quantitative estimate of drug-likeness (QED) is 0.878. The number of carbonyl (C=O) groups excluding carboxylic acids is 1. The van der Waals surface area contributed by atoms with Crippen LogP contribution < -0.4 is 4.90 Å². The third-order valence-electron chi connectivity index (χ3n) is 3.48. The van der Waals surface area contributed by atoms with Gasteiger partial charge in [0.25, 0.3) is 0 Å². The van der Waals surface area contributed by atoms with Gasteiger partial charge in [-0.1, -0.05) is 6.07 Å². The lowest BCUT2D eigenvalue weighted by atomic mass is 10.0. The second-order valence-electron chi connectivity index (χ2n) is 4.77. The topological polar surface area (TPSA) is 86.3 Å². The predicted molar refractivity (Wildman–Crippen MR) is 72.5 cm³/mol. The number of aliphatic carboxylic acids is 1. The lowest BCUT2D eigenvalue weighted by molar-refractivity contribution is -0.136. The summed E-state index contributed by atoms with van der Waals surface area (Å²) in [6, 6.07) is 5.63. The molecule has 1 aliphatic rings. The third kappa shape index (κ3) is 1.95. The lowest BCUT2D eigenvalue weighted by Crippen LogP contribution is -2.20. The van der Waals surface area contributed by atoms with Crippen molar-refractivity contribution in [2.45, 2.75) is 12.8 Å². The number of aromatic nitrogens is 2. The van der Waals surface area contributed by atoms with E-state index in [1.165, 1.54) is 6.33 Å². The van der Waals surface area contributed by atoms with E-state index in [2.05, 4.69) is 9.97 Å². The van der Waals surface area contributed by atoms with Gasteiger partial charge in [0, 0.05) is 18.3 Å². The van der Waals surface area contributed by atoms with Crippen molar-refractivity contribution in [3.8, 4) is 11.3 Å². The molecule has 20 heavy (non-hydrogen) atoms. The van der Waals surface area contributed by atoms with Gasteiger partial charge in [-0.2, -0.15) is 0 Å². The number of benzene rings is 1. The van der Waals surface area contributed by atoms with Crippen LogP contribution in [0.4, 0.5) is 5.69 Å². The molecule has 2 aromatic rings. The molecule has 0 unspecified atom stereocenters. The van der Waals surface area contributed by atoms with Crippen LogP contribution in [-0.4, -0.2) is 34.0 Å². The number of H-pyrrole nitrogens is 1. The minimum absolute atomic E-state index is 0.0601. The summed E-state index contributed by atoms with van der Waals surface area (Å²) < 4.78 is 0. The van der Waals surface area contributed by atoms with Crippen molar-refractivity contribution < 1.29 is 14.7 Å². The Morgan fingerprint density at radius 1 is 1.50 bits per heavy atom. The SMILES string of the molecule is CN1C(=O)Cc2cc(-c3nc[nH]c3CC(=O)O)ccc21. The number of nitrogens with one attached hydrogen (secondary N) is 1. The summed E-state index contributed by atoms with van der Waals surface area (Å²) in [6.07, 6.45) is 1.75. The molecular weight excluding hydrogens is 258 g/mol. The van der Waals surface area contributed by atoms with E-state index in [1.54, 1.807) is 11.9 Å². The molecule has 1 aromatic carbocycles. The number of carbonyl (C=O) groups is 2. The maximum absolute atomic E-state index is 11.7. The molecule has 102 valence electrons. The van der Waals surface area contributed by atoms with Crippen molar-refractivity contribution in [2.75, 3.05) is 11.9 Å². The highest BCUT2D eigenvalue weighted by Gasteiger charge is 2.24. The number of rotatable bonds is 3. The van der Waals surface area contributed by atoms with E-state index >= 15 is 0 Å². The van der Waals surface area contributed by atoms with E-state index in [0.29, 0.717) is 17.8 Å². The summed E-state index contributed by atoms with van der Waals surface area (Å²) in [7, 11) is 1.75. The van der Waals surface area contributed by atoms with Crippen LogP contribution in [0.3, 0.4) is 0 Å². The van der Waals surface area contributed by atoms with Gasteiger partial charge in [-0.15, -0.1) is 0 Å². The Morgan fingerprint density at radius 3 is 3.05 bits per heavy atom. The first-order valence-electron chi connectivity index (χ1n) is 6.20. The minimum Gasteiger partial charge on any atom is -0.481 e. The number of likely N-dealkylation sites (N-methyl/N-ethyl adjacent to an activating group) is 1. The zero-order valence-electron chi connectivity index (χ0n) is 10.9. The minimum atomic E-state index is -0.911. The summed E-state index contributed by atoms with van der Waals surface area (Å²) in [5, 5.41) is 8.88. The zero-order chi connectivity index (χ0) is 14.3. The lowest BCUT2D eigenvalue weighted by Gasteiger charge is -2.10. The zero-order valence-corrected chi connectivity index (χ0v) is 10.9. The molecular formula is C14H13N3O3. The van der Waals surface area contributed by atoms with Crippen LogP contribution in [0.2, 0.25) is 0 Å². The van der Waals surface area contributed by atoms with Gasteiger partial charge < -0.3 is 15.0 Å². The maximum Gasteiger partial charge on any atom is 0.309 e. The van der Waals surface area contributed by atoms with Crippen LogP contribution in [0.5, 0.6) is 0 Å². The average molecular weight is 271 g/mol. The van der Waals surface area contributed by atoms with Crippen molar-refractivity contribution in [1.29, 1.82) is 0 Å². The molecule has 6 nitrogen and oxygen atoms in total. The highest BCUT2D eigenvalue weighted by molar-refractivity contribution is 6.01. The van der Waals surface area contributed by atoms with E-state index in [9.17, 15) is 9.59 Å². The normalized spacial score (nSPS) is 13.7. The van der Waals surface area contributed by atoms with Crippen LogP contribution in [0.15, 0.2) is 24.5 Å². The Kier molecular flexibility index (Phi) is 2.78. The van der Waals surface area contributed by atoms with Crippen LogP contribution in [0.1, 0.15) is 11.3 Å². The highest BCUT2D eigenvalue weighted by atomic mass is 16.4. The van der Waals surface area contributed by atoms with Crippen molar-refractivity contribution in [2.24, 2.45) is 0 Å². The number of imidazole rings is 1. The largest absolute Gasteiger partial charge is 0.481 e. The van der Waals surface area contributed by atoms with Gasteiger partial charge in [0.1, 0.15) is 0 Å². The monoisotopic (exact) mass is 271 g/mol. The number of aromatic amines is 1. The second kappa shape index (κ2) is 4.48. The summed E-state index contributed by atoms with van der Waals surface area (Å²) >= 11 is 0. The Labute approximate surface area is 115 Å². The van der Waals surface area contributed by atoms with Crippen molar-refractivity contribution >= 4 is 17.6 Å². The molecule has 2 heterocycles. The molecule has 0 radical (unpaired) electrons. The van der Waals surface area contributed by atoms with Crippen LogP contribution in [-0.2, 0) is 22.4 Å². The van der Waals surface area contributed by atoms with Gasteiger partial charge >= 0.3 is 5.97 Å². The molecule has 6 heteroatoms. The molecule has 0 bridgehead atoms. The van der Waals surface area contributed by atoms with Crippen LogP contribution >= 0.6 is 0 Å². The van der Waals surface area contributed by atoms with Gasteiger partial charge in [0.05, 0.1) is 30.6 Å². The number of carboxylic acids is 1. The summed E-state index contributed by atoms with van der Waals surface area (Å²) in [5.41, 5.74) is 3.85. The first kappa shape index (κ1) is 12.4. The van der Waals surface area contributed by atoms with E-state index < -0.39 is 5.97 Å². The number of anilines is 1. The molecule has 0 aliphatic carbocycles. The second-order valence-corrected chi connectivity index (χ2v) is 4.77. The molecule has 3 rings (SSSR count). The summed E-state index contributed by atoms with van der Waals surface area (Å²) in [4.78, 5) is 31.2. The number of carboxylic acid groups (broad SMARTS) is 1. The van der Waals surface area contributed by atoms with Crippen molar-refractivity contribution in [3.63, 3.8) is 0 Å². The standard InChI is InChI=1S/C14H13N3O3/c1-17-11-3-2-8(4-9(11)5-12(17)18)14-10(6-13(19)20)15-7-16-14/h2-4,7H,5-6H2,1H3,(H,15,16)(H,19,20). The molecule has 0 saturated carbocycles. The summed E-state index contributed by atoms with van der Waals surface area (Å²) in [5.74, 6) is -0.850. The van der Waals surface area contributed by atoms with Crippen LogP contribution in [0, 0.1) is 0 Å². The number of nitrogens with zero attached hydrogens (tertiary/aromatic N) is 2. The number of hydrogen-bond donors (Lipinski definition) is 2. The van der Waals surface area contributed by atoms with Crippen molar-refractivity contribution in [1.82, 2.24) is 9.97 Å². The Bertz CT molecular complexity index is 705. The number of fused-ring (bicyclic) bond motifs is 1. The molecule has 1 amide bonds. The van der Waals surface area contributed by atoms with E-state index in [1.807, 2.05) is 18.2 Å². The fraction of sp³-hybridized carbons (Fsp3) is 0.214. The smallest absolute Gasteiger partial charge is 0.309 e. The number of hydrogen-bond acceptors (Lipinski definition) is 3. The first-order chi connectivity index (χ1) is 9.56. The van der Waals surface area contributed by atoms with Crippen LogP contribution in [0.25, 0.3) is 11.3 Å². The molecule has 2 N–H and O–H groups in total. The predicted octanol–water partition coefficient (Wildman–Crippen LogP) is 1.22. The Hall–Kier alpha value is -2.63. The van der Waals surface area contributed by atoms with E-state index in [0.717, 1.165) is 16.8 Å². The van der Waals surface area contributed by atoms with Gasteiger partial charge in [-0.05, 0) is 17.7 Å². The molecule has 1 aliphatic heterocycles. The first-order valence-corrected chi connectivity index (χ1v) is 6.20. The van der Waals surface area contributed by atoms with Gasteiger partial charge in [0.2, 0.25) is 5.91 Å². The molecule has 0 fully saturated rings. The molecule has 0 atom stereocenters. The molecule has 0 spiro atoms. The fourth-order valence-electron chi connectivity index (χ4n) is 2.47. The van der Waals surface area contributed by atoms with E-state index in [4.69, 9.17) is 5.11 Å². The fourth-order valence-corrected chi connectivity index (χ4v) is 2.47. The Balaban J connectivity index is 2.01. The van der Waals surface area contributed by atoms with Gasteiger partial charge in [0.15, 0.2) is 0 Å².